The summed E-state index contributed by atoms with van der Waals surface area (Å²) in [6.45, 7) is 4.19. The summed E-state index contributed by atoms with van der Waals surface area (Å²) in [5.41, 5.74) is -1.27. The highest BCUT2D eigenvalue weighted by Gasteiger charge is 2.28. The molecule has 4 rings (SSSR count). The summed E-state index contributed by atoms with van der Waals surface area (Å²) in [6.07, 6.45) is 1.69. The van der Waals surface area contributed by atoms with Crippen LogP contribution >= 0.6 is 22.6 Å². The second kappa shape index (κ2) is 7.38. The van der Waals surface area contributed by atoms with E-state index >= 15 is 0 Å². The zero-order valence-corrected chi connectivity index (χ0v) is 19.0. The molecule has 0 spiro atoms. The highest BCUT2D eigenvalue weighted by molar-refractivity contribution is 14.1. The average molecular weight is 544 g/mol. The molecular formula is C19H18FIN4O4S. The normalized spacial score (nSPS) is 17.0. The van der Waals surface area contributed by atoms with Gasteiger partial charge in [0, 0.05) is 16.2 Å². The number of anilines is 1. The molecule has 2 N–H and O–H groups in total. The van der Waals surface area contributed by atoms with Crippen molar-refractivity contribution in [3.8, 4) is 0 Å². The van der Waals surface area contributed by atoms with E-state index < -0.39 is 26.8 Å². The molecule has 1 aromatic carbocycles. The van der Waals surface area contributed by atoms with Gasteiger partial charge in [-0.05, 0) is 53.1 Å². The van der Waals surface area contributed by atoms with E-state index in [0.717, 1.165) is 12.3 Å². The zero-order chi connectivity index (χ0) is 21.8. The van der Waals surface area contributed by atoms with Crippen LogP contribution in [0, 0.1) is 15.3 Å². The van der Waals surface area contributed by atoms with Gasteiger partial charge in [0.05, 0.1) is 11.9 Å². The van der Waals surface area contributed by atoms with Crippen molar-refractivity contribution >= 4 is 49.6 Å². The smallest absolute Gasteiger partial charge is 0.280 e. The van der Waals surface area contributed by atoms with Gasteiger partial charge in [0.15, 0.2) is 0 Å². The number of sulfonamides is 1. The van der Waals surface area contributed by atoms with E-state index in [1.54, 1.807) is 12.1 Å². The summed E-state index contributed by atoms with van der Waals surface area (Å²) in [5.74, 6) is -0.638. The molecular weight excluding hydrogens is 526 g/mol. The van der Waals surface area contributed by atoms with Crippen LogP contribution in [0.15, 0.2) is 44.9 Å². The molecule has 0 unspecified atom stereocenters. The highest BCUT2D eigenvalue weighted by Crippen LogP contribution is 2.28. The van der Waals surface area contributed by atoms with Gasteiger partial charge in [-0.25, -0.2) is 17.5 Å². The Bertz CT molecular complexity index is 1460. The number of rotatable bonds is 3. The quantitative estimate of drug-likeness (QED) is 0.487. The van der Waals surface area contributed by atoms with E-state index in [4.69, 9.17) is 0 Å². The van der Waals surface area contributed by atoms with E-state index in [1.807, 2.05) is 36.4 Å². The number of aryl methyl sites for hydroxylation is 1. The zero-order valence-electron chi connectivity index (χ0n) is 16.1. The summed E-state index contributed by atoms with van der Waals surface area (Å²) in [6, 6.07) is 5.78. The fraction of sp³-hybridized carbons (Fsp3) is 0.263. The standard InChI is InChI=1S/C19H18FIN4O4S/c1-10(2)5-6-24-19(27)16(17(26)14-7-11(20)9-25(14)24)18-22-13-4-3-12(21)8-15(13)30(28,29)23-18/h3-4,7-10,22-23H,5-6H2,1-2H3/b18-16+. The van der Waals surface area contributed by atoms with Gasteiger partial charge in [-0.1, -0.05) is 13.8 Å². The minimum Gasteiger partial charge on any atom is -0.339 e. The number of halogens is 2. The Hall–Kier alpha value is -2.41. The third-order valence-corrected chi connectivity index (χ3v) is 6.89. The summed E-state index contributed by atoms with van der Waals surface area (Å²) in [5, 5.41) is 2.47. The fourth-order valence-electron chi connectivity index (χ4n) is 3.34. The lowest BCUT2D eigenvalue weighted by Crippen LogP contribution is -2.52. The van der Waals surface area contributed by atoms with Gasteiger partial charge in [-0.3, -0.25) is 18.8 Å². The van der Waals surface area contributed by atoms with Crippen molar-refractivity contribution in [2.75, 3.05) is 5.32 Å². The van der Waals surface area contributed by atoms with E-state index in [2.05, 4.69) is 10.0 Å². The maximum Gasteiger partial charge on any atom is 0.280 e. The van der Waals surface area contributed by atoms with Gasteiger partial charge in [-0.2, -0.15) is 0 Å². The fourth-order valence-corrected chi connectivity index (χ4v) is 5.26. The molecule has 0 saturated heterocycles. The third-order valence-electron chi connectivity index (χ3n) is 4.83. The highest BCUT2D eigenvalue weighted by atomic mass is 127. The molecule has 0 fully saturated rings. The minimum atomic E-state index is -4.00. The van der Waals surface area contributed by atoms with Crippen molar-refractivity contribution in [3.63, 3.8) is 0 Å². The van der Waals surface area contributed by atoms with Crippen LogP contribution < -0.4 is 26.2 Å². The minimum absolute atomic E-state index is 0.0144. The van der Waals surface area contributed by atoms with Crippen molar-refractivity contribution in [1.82, 2.24) is 13.9 Å². The molecule has 3 aromatic rings. The SMILES string of the molecule is CC(C)CCn1c(=O)/c(=C2\Nc3ccc(I)cc3S(=O)(=O)N2)c(=O)c2cc(F)cn21. The molecule has 0 atom stereocenters. The van der Waals surface area contributed by atoms with Gasteiger partial charge in [-0.15, -0.1) is 0 Å². The number of nitrogens with zero attached hydrogens (tertiary/aromatic N) is 2. The lowest BCUT2D eigenvalue weighted by Gasteiger charge is -2.22. The first-order valence-electron chi connectivity index (χ1n) is 9.17. The summed E-state index contributed by atoms with van der Waals surface area (Å²) in [4.78, 5) is 26.3. The Morgan fingerprint density at radius 1 is 1.20 bits per heavy atom. The third kappa shape index (κ3) is 3.49. The first kappa shape index (κ1) is 20.8. The molecule has 2 aromatic heterocycles. The Morgan fingerprint density at radius 2 is 1.93 bits per heavy atom. The van der Waals surface area contributed by atoms with Crippen molar-refractivity contribution < 1.29 is 12.8 Å². The van der Waals surface area contributed by atoms with Crippen LogP contribution in [0.2, 0.25) is 0 Å². The second-order valence-corrected chi connectivity index (χ2v) is 10.3. The summed E-state index contributed by atoms with van der Waals surface area (Å²) >= 11 is 1.99. The van der Waals surface area contributed by atoms with Gasteiger partial charge in [0.25, 0.3) is 15.6 Å². The van der Waals surface area contributed by atoms with Crippen LogP contribution in [0.3, 0.4) is 0 Å². The van der Waals surface area contributed by atoms with Gasteiger partial charge < -0.3 is 5.32 Å². The molecule has 158 valence electrons. The van der Waals surface area contributed by atoms with Gasteiger partial charge >= 0.3 is 0 Å². The van der Waals surface area contributed by atoms with Crippen molar-refractivity contribution in [2.24, 2.45) is 5.92 Å². The molecule has 0 radical (unpaired) electrons. The van der Waals surface area contributed by atoms with Crippen molar-refractivity contribution in [3.05, 3.63) is 65.6 Å². The molecule has 0 aliphatic carbocycles. The Kier molecular flexibility index (Phi) is 5.12. The van der Waals surface area contributed by atoms with Crippen LogP contribution in [0.1, 0.15) is 20.3 Å². The van der Waals surface area contributed by atoms with Crippen molar-refractivity contribution in [1.29, 1.82) is 0 Å². The molecule has 30 heavy (non-hydrogen) atoms. The lowest BCUT2D eigenvalue weighted by molar-refractivity contribution is 0.453. The molecule has 0 saturated carbocycles. The second-order valence-electron chi connectivity index (χ2n) is 7.45. The number of aromatic nitrogens is 2. The maximum absolute atomic E-state index is 13.9. The lowest BCUT2D eigenvalue weighted by atomic mass is 10.1. The predicted octanol–water partition coefficient (Wildman–Crippen LogP) is 1.44. The number of benzene rings is 1. The van der Waals surface area contributed by atoms with Crippen LogP contribution in [-0.2, 0) is 16.6 Å². The Labute approximate surface area is 184 Å². The molecule has 8 nitrogen and oxygen atoms in total. The predicted molar refractivity (Wildman–Crippen MR) is 119 cm³/mol. The number of fused-ring (bicyclic) bond motifs is 2. The number of hydrogen-bond acceptors (Lipinski definition) is 5. The van der Waals surface area contributed by atoms with Crippen LogP contribution in [0.25, 0.3) is 11.3 Å². The first-order chi connectivity index (χ1) is 14.1. The topological polar surface area (TPSA) is 102 Å². The Balaban J connectivity index is 2.06. The first-order valence-corrected chi connectivity index (χ1v) is 11.7. The van der Waals surface area contributed by atoms with Crippen LogP contribution in [0.5, 0.6) is 0 Å². The summed E-state index contributed by atoms with van der Waals surface area (Å²) in [7, 11) is -4.00. The average Bonchev–Trinajstić information content (AvgIpc) is 3.03. The maximum atomic E-state index is 13.9. The molecule has 0 bridgehead atoms. The van der Waals surface area contributed by atoms with E-state index in [0.29, 0.717) is 9.99 Å². The van der Waals surface area contributed by atoms with Crippen LogP contribution in [0.4, 0.5) is 10.1 Å². The van der Waals surface area contributed by atoms with Gasteiger partial charge in [0.2, 0.25) is 5.43 Å². The molecule has 1 aliphatic heterocycles. The van der Waals surface area contributed by atoms with E-state index in [-0.39, 0.29) is 39.6 Å². The van der Waals surface area contributed by atoms with E-state index in [1.165, 1.54) is 15.3 Å². The van der Waals surface area contributed by atoms with Crippen molar-refractivity contribution in [2.45, 2.75) is 31.7 Å². The molecule has 3 heterocycles. The molecule has 0 amide bonds. The monoisotopic (exact) mass is 544 g/mol. The Morgan fingerprint density at radius 3 is 2.63 bits per heavy atom. The van der Waals surface area contributed by atoms with Gasteiger partial charge in [0.1, 0.15) is 27.3 Å². The van der Waals surface area contributed by atoms with Crippen LogP contribution in [-0.4, -0.2) is 17.6 Å². The van der Waals surface area contributed by atoms with E-state index in [9.17, 15) is 22.4 Å². The largest absolute Gasteiger partial charge is 0.339 e. The number of nitrogens with one attached hydrogen (secondary N) is 2. The molecule has 11 heteroatoms. The number of hydrogen-bond donors (Lipinski definition) is 2. The summed E-state index contributed by atoms with van der Waals surface area (Å²) < 4.78 is 44.9. The molecule has 1 aliphatic rings.